The van der Waals surface area contributed by atoms with Gasteiger partial charge in [-0.2, -0.15) is 0 Å². The fraction of sp³-hybridized carbons (Fsp3) is 0.300. The molecule has 13 heavy (non-hydrogen) atoms. The number of carbonyl (C=O) groups is 1. The van der Waals surface area contributed by atoms with Crippen LogP contribution in [0.3, 0.4) is 0 Å². The molecule has 0 bridgehead atoms. The average molecular weight is 178 g/mol. The van der Waals surface area contributed by atoms with Gasteiger partial charge in [-0.05, 0) is 17.5 Å². The lowest BCUT2D eigenvalue weighted by Gasteiger charge is -2.04. The minimum atomic E-state index is -0.399. The van der Waals surface area contributed by atoms with Crippen LogP contribution in [0.25, 0.3) is 0 Å². The Bertz CT molecular complexity index is 269. The Morgan fingerprint density at radius 2 is 1.77 bits per heavy atom. The Labute approximate surface area is 77.7 Å². The van der Waals surface area contributed by atoms with Gasteiger partial charge in [0.05, 0.1) is 6.04 Å². The van der Waals surface area contributed by atoms with Gasteiger partial charge in [0, 0.05) is 6.54 Å². The maximum Gasteiger partial charge on any atom is 0.137 e. The predicted octanol–water partition coefficient (Wildman–Crippen LogP) is 0.214. The van der Waals surface area contributed by atoms with Crippen molar-refractivity contribution < 1.29 is 4.79 Å². The normalized spacial score (nSPS) is 12.5. The summed E-state index contributed by atoms with van der Waals surface area (Å²) < 4.78 is 0. The van der Waals surface area contributed by atoms with Gasteiger partial charge < -0.3 is 16.3 Å². The van der Waals surface area contributed by atoms with Crippen molar-refractivity contribution in [3.8, 4) is 0 Å². The largest absolute Gasteiger partial charge is 0.326 e. The summed E-state index contributed by atoms with van der Waals surface area (Å²) in [5, 5.41) is 0. The molecule has 4 N–H and O–H groups in total. The topological polar surface area (TPSA) is 69.1 Å². The van der Waals surface area contributed by atoms with E-state index in [2.05, 4.69) is 0 Å². The van der Waals surface area contributed by atoms with Crippen LogP contribution in [-0.2, 0) is 17.8 Å². The lowest BCUT2D eigenvalue weighted by molar-refractivity contribution is -0.108. The fourth-order valence-electron chi connectivity index (χ4n) is 1.13. The van der Waals surface area contributed by atoms with E-state index in [1.54, 1.807) is 0 Å². The summed E-state index contributed by atoms with van der Waals surface area (Å²) in [5.41, 5.74) is 13.1. The molecule has 0 fully saturated rings. The molecule has 0 saturated heterocycles. The second-order valence-electron chi connectivity index (χ2n) is 3.02. The molecule has 0 aliphatic carbocycles. The van der Waals surface area contributed by atoms with E-state index in [4.69, 9.17) is 11.5 Å². The number of hydrogen-bond donors (Lipinski definition) is 2. The third-order valence-corrected chi connectivity index (χ3v) is 1.90. The quantitative estimate of drug-likeness (QED) is 0.648. The van der Waals surface area contributed by atoms with E-state index >= 15 is 0 Å². The first-order valence-corrected chi connectivity index (χ1v) is 4.25. The van der Waals surface area contributed by atoms with Crippen molar-refractivity contribution in [2.75, 3.05) is 0 Å². The number of carbonyl (C=O) groups excluding carboxylic acids is 1. The van der Waals surface area contributed by atoms with Crippen molar-refractivity contribution in [2.45, 2.75) is 19.0 Å². The first-order chi connectivity index (χ1) is 6.26. The van der Waals surface area contributed by atoms with E-state index in [1.165, 1.54) is 0 Å². The van der Waals surface area contributed by atoms with Gasteiger partial charge in [-0.3, -0.25) is 0 Å². The minimum Gasteiger partial charge on any atom is -0.326 e. The van der Waals surface area contributed by atoms with Crippen LogP contribution in [0.5, 0.6) is 0 Å². The molecule has 0 heterocycles. The van der Waals surface area contributed by atoms with Crippen LogP contribution >= 0.6 is 0 Å². The number of nitrogens with two attached hydrogens (primary N) is 2. The zero-order chi connectivity index (χ0) is 9.68. The highest BCUT2D eigenvalue weighted by Crippen LogP contribution is 2.05. The maximum atomic E-state index is 10.3. The van der Waals surface area contributed by atoms with E-state index in [1.807, 2.05) is 24.3 Å². The molecule has 0 saturated carbocycles. The molecule has 0 radical (unpaired) electrons. The highest BCUT2D eigenvalue weighted by molar-refractivity contribution is 5.57. The van der Waals surface area contributed by atoms with Crippen molar-refractivity contribution in [2.24, 2.45) is 11.5 Å². The zero-order valence-electron chi connectivity index (χ0n) is 7.44. The Morgan fingerprint density at radius 3 is 2.23 bits per heavy atom. The minimum absolute atomic E-state index is 0.399. The molecular formula is C10H14N2O. The second kappa shape index (κ2) is 4.74. The van der Waals surface area contributed by atoms with Crippen molar-refractivity contribution in [1.82, 2.24) is 0 Å². The van der Waals surface area contributed by atoms with Crippen LogP contribution in [0, 0.1) is 0 Å². The van der Waals surface area contributed by atoms with Gasteiger partial charge in [-0.15, -0.1) is 0 Å². The van der Waals surface area contributed by atoms with Gasteiger partial charge in [0.25, 0.3) is 0 Å². The maximum absolute atomic E-state index is 10.3. The molecule has 1 rings (SSSR count). The molecule has 70 valence electrons. The fourth-order valence-corrected chi connectivity index (χ4v) is 1.13. The molecule has 0 aromatic heterocycles. The summed E-state index contributed by atoms with van der Waals surface area (Å²) in [6, 6.07) is 7.40. The predicted molar refractivity (Wildman–Crippen MR) is 52.1 cm³/mol. The van der Waals surface area contributed by atoms with Gasteiger partial charge in [-0.25, -0.2) is 0 Å². The van der Waals surface area contributed by atoms with Crippen LogP contribution in [0.4, 0.5) is 0 Å². The summed E-state index contributed by atoms with van der Waals surface area (Å²) in [6.07, 6.45) is 1.35. The molecule has 1 atom stereocenters. The molecule has 1 aromatic rings. The van der Waals surface area contributed by atoms with Crippen molar-refractivity contribution in [3.63, 3.8) is 0 Å². The lowest BCUT2D eigenvalue weighted by atomic mass is 10.1. The number of rotatable bonds is 4. The second-order valence-corrected chi connectivity index (χ2v) is 3.02. The van der Waals surface area contributed by atoms with Crippen LogP contribution in [-0.4, -0.2) is 12.3 Å². The van der Waals surface area contributed by atoms with Gasteiger partial charge in [0.2, 0.25) is 0 Å². The molecule has 3 nitrogen and oxygen atoms in total. The SMILES string of the molecule is NCc1ccc(C[C@H](N)C=O)cc1. The van der Waals surface area contributed by atoms with Crippen LogP contribution in [0.15, 0.2) is 24.3 Å². The average Bonchev–Trinajstić information content (AvgIpc) is 2.19. The number of aldehydes is 1. The Kier molecular flexibility index (Phi) is 3.61. The van der Waals surface area contributed by atoms with Crippen molar-refractivity contribution in [1.29, 1.82) is 0 Å². The summed E-state index contributed by atoms with van der Waals surface area (Å²) in [4.78, 5) is 10.3. The summed E-state index contributed by atoms with van der Waals surface area (Å²) in [5.74, 6) is 0. The first-order valence-electron chi connectivity index (χ1n) is 4.25. The molecule has 0 aliphatic rings. The standard InChI is InChI=1S/C10H14N2O/c11-6-9-3-1-8(2-4-9)5-10(12)7-13/h1-4,7,10H,5-6,11-12H2/t10-/m0/s1. The highest BCUT2D eigenvalue weighted by Gasteiger charge is 2.01. The number of hydrogen-bond acceptors (Lipinski definition) is 3. The molecular weight excluding hydrogens is 164 g/mol. The van der Waals surface area contributed by atoms with E-state index in [0.717, 1.165) is 17.4 Å². The third kappa shape index (κ3) is 2.97. The molecule has 0 amide bonds. The summed E-state index contributed by atoms with van der Waals surface area (Å²) in [7, 11) is 0. The molecule has 0 spiro atoms. The van der Waals surface area contributed by atoms with Crippen molar-refractivity contribution in [3.05, 3.63) is 35.4 Å². The zero-order valence-corrected chi connectivity index (χ0v) is 7.44. The van der Waals surface area contributed by atoms with E-state index in [0.29, 0.717) is 13.0 Å². The van der Waals surface area contributed by atoms with E-state index < -0.39 is 6.04 Å². The van der Waals surface area contributed by atoms with E-state index in [-0.39, 0.29) is 0 Å². The summed E-state index contributed by atoms with van der Waals surface area (Å²) in [6.45, 7) is 0.542. The van der Waals surface area contributed by atoms with Gasteiger partial charge in [-0.1, -0.05) is 24.3 Å². The van der Waals surface area contributed by atoms with Gasteiger partial charge in [0.1, 0.15) is 6.29 Å². The Morgan fingerprint density at radius 1 is 1.23 bits per heavy atom. The monoisotopic (exact) mass is 178 g/mol. The molecule has 0 unspecified atom stereocenters. The number of benzene rings is 1. The highest BCUT2D eigenvalue weighted by atomic mass is 16.1. The molecule has 3 heteroatoms. The molecule has 0 aliphatic heterocycles. The van der Waals surface area contributed by atoms with E-state index in [9.17, 15) is 4.79 Å². The van der Waals surface area contributed by atoms with Gasteiger partial charge >= 0.3 is 0 Å². The van der Waals surface area contributed by atoms with Gasteiger partial charge in [0.15, 0.2) is 0 Å². The summed E-state index contributed by atoms with van der Waals surface area (Å²) >= 11 is 0. The van der Waals surface area contributed by atoms with Crippen LogP contribution in [0.1, 0.15) is 11.1 Å². The Hall–Kier alpha value is -1.19. The van der Waals surface area contributed by atoms with Crippen LogP contribution in [0.2, 0.25) is 0 Å². The lowest BCUT2D eigenvalue weighted by Crippen LogP contribution is -2.23. The smallest absolute Gasteiger partial charge is 0.137 e. The Balaban J connectivity index is 2.63. The molecule has 1 aromatic carbocycles. The van der Waals surface area contributed by atoms with Crippen LogP contribution < -0.4 is 11.5 Å². The third-order valence-electron chi connectivity index (χ3n) is 1.90. The first kappa shape index (κ1) is 9.89. The van der Waals surface area contributed by atoms with Crippen molar-refractivity contribution >= 4 is 6.29 Å².